The number of alkyl halides is 1. The van der Waals surface area contributed by atoms with Gasteiger partial charge in [0.1, 0.15) is 0 Å². The summed E-state index contributed by atoms with van der Waals surface area (Å²) >= 11 is 8.96. The summed E-state index contributed by atoms with van der Waals surface area (Å²) in [7, 11) is 0. The molecule has 0 amide bonds. The van der Waals surface area contributed by atoms with E-state index in [1.165, 1.54) is 21.5 Å². The van der Waals surface area contributed by atoms with Crippen LogP contribution in [0.25, 0.3) is 0 Å². The highest BCUT2D eigenvalue weighted by molar-refractivity contribution is 9.11. The lowest BCUT2D eigenvalue weighted by Gasteiger charge is -2.15. The Labute approximate surface area is 107 Å². The summed E-state index contributed by atoms with van der Waals surface area (Å²) in [6, 6.07) is 4.37. The van der Waals surface area contributed by atoms with E-state index >= 15 is 0 Å². The molecule has 1 aromatic rings. The van der Waals surface area contributed by atoms with Crippen molar-refractivity contribution < 1.29 is 0 Å². The maximum Gasteiger partial charge on any atom is 0.0701 e. The van der Waals surface area contributed by atoms with E-state index in [0.29, 0.717) is 0 Å². The van der Waals surface area contributed by atoms with Crippen LogP contribution in [0.2, 0.25) is 0 Å². The van der Waals surface area contributed by atoms with Gasteiger partial charge in [-0.15, -0.1) is 11.3 Å². The number of rotatable bonds is 5. The largest absolute Gasteiger partial charge is 0.133 e. The van der Waals surface area contributed by atoms with Crippen molar-refractivity contribution in [2.45, 2.75) is 26.7 Å². The zero-order valence-electron chi connectivity index (χ0n) is 8.59. The van der Waals surface area contributed by atoms with Crippen LogP contribution in [0.1, 0.15) is 25.1 Å². The van der Waals surface area contributed by atoms with Gasteiger partial charge in [-0.1, -0.05) is 29.8 Å². The molecule has 1 unspecified atom stereocenters. The van der Waals surface area contributed by atoms with E-state index in [1.54, 1.807) is 0 Å². The number of thiophene rings is 1. The fraction of sp³-hybridized carbons (Fsp3) is 0.636. The normalized spacial score (nSPS) is 13.5. The minimum absolute atomic E-state index is 0.778. The zero-order chi connectivity index (χ0) is 10.6. The maximum atomic E-state index is 3.60. The molecule has 1 heterocycles. The number of hydrogen-bond acceptors (Lipinski definition) is 1. The quantitative estimate of drug-likeness (QED) is 0.654. The highest BCUT2D eigenvalue weighted by Crippen LogP contribution is 2.27. The Hall–Kier alpha value is 0.660. The Morgan fingerprint density at radius 3 is 2.50 bits per heavy atom. The Balaban J connectivity index is 2.48. The molecule has 0 fully saturated rings. The summed E-state index contributed by atoms with van der Waals surface area (Å²) < 4.78 is 1.24. The van der Waals surface area contributed by atoms with Crippen molar-refractivity contribution in [3.63, 3.8) is 0 Å². The van der Waals surface area contributed by atoms with Crippen LogP contribution >= 0.6 is 43.2 Å². The second-order valence-electron chi connectivity index (χ2n) is 4.06. The summed E-state index contributed by atoms with van der Waals surface area (Å²) in [5, 5.41) is 1.11. The van der Waals surface area contributed by atoms with Crippen LogP contribution in [-0.2, 0) is 6.42 Å². The van der Waals surface area contributed by atoms with Gasteiger partial charge < -0.3 is 0 Å². The Kier molecular flexibility index (Phi) is 5.72. The summed E-state index contributed by atoms with van der Waals surface area (Å²) in [6.45, 7) is 4.58. The molecule has 1 rings (SSSR count). The highest BCUT2D eigenvalue weighted by atomic mass is 79.9. The molecule has 0 nitrogen and oxygen atoms in total. The van der Waals surface area contributed by atoms with E-state index in [2.05, 4.69) is 57.8 Å². The van der Waals surface area contributed by atoms with Crippen LogP contribution in [0, 0.1) is 11.8 Å². The third kappa shape index (κ3) is 4.45. The molecule has 1 atom stereocenters. The van der Waals surface area contributed by atoms with E-state index < -0.39 is 0 Å². The molecule has 14 heavy (non-hydrogen) atoms. The molecule has 0 spiro atoms. The number of halogens is 2. The molecule has 0 aliphatic rings. The molecule has 0 aliphatic heterocycles. The van der Waals surface area contributed by atoms with Gasteiger partial charge in [-0.25, -0.2) is 0 Å². The average Bonchev–Trinajstić information content (AvgIpc) is 2.49. The third-order valence-corrected chi connectivity index (χ3v) is 4.70. The van der Waals surface area contributed by atoms with Crippen molar-refractivity contribution in [3.8, 4) is 0 Å². The van der Waals surface area contributed by atoms with Crippen LogP contribution in [-0.4, -0.2) is 5.33 Å². The minimum atomic E-state index is 0.778. The van der Waals surface area contributed by atoms with Gasteiger partial charge in [-0.2, -0.15) is 0 Å². The molecule has 0 bridgehead atoms. The highest BCUT2D eigenvalue weighted by Gasteiger charge is 2.11. The minimum Gasteiger partial charge on any atom is -0.133 e. The van der Waals surface area contributed by atoms with Crippen molar-refractivity contribution in [2.24, 2.45) is 11.8 Å². The molecule has 3 heteroatoms. The molecule has 1 aromatic heterocycles. The van der Waals surface area contributed by atoms with E-state index in [0.717, 1.165) is 17.2 Å². The van der Waals surface area contributed by atoms with Gasteiger partial charge in [0.2, 0.25) is 0 Å². The topological polar surface area (TPSA) is 0 Å². The van der Waals surface area contributed by atoms with Crippen molar-refractivity contribution >= 4 is 43.2 Å². The Morgan fingerprint density at radius 1 is 1.36 bits per heavy atom. The van der Waals surface area contributed by atoms with Gasteiger partial charge in [0, 0.05) is 10.2 Å². The fourth-order valence-corrected chi connectivity index (χ4v) is 3.70. The van der Waals surface area contributed by atoms with Crippen LogP contribution < -0.4 is 0 Å². The first-order valence-corrected chi connectivity index (χ1v) is 7.65. The van der Waals surface area contributed by atoms with Crippen molar-refractivity contribution in [2.75, 3.05) is 5.33 Å². The second kappa shape index (κ2) is 6.29. The van der Waals surface area contributed by atoms with Crippen molar-refractivity contribution in [3.05, 3.63) is 20.8 Å². The van der Waals surface area contributed by atoms with Gasteiger partial charge >= 0.3 is 0 Å². The van der Waals surface area contributed by atoms with Gasteiger partial charge in [0.05, 0.1) is 3.79 Å². The predicted molar refractivity (Wildman–Crippen MR) is 72.5 cm³/mol. The third-order valence-electron chi connectivity index (χ3n) is 2.14. The van der Waals surface area contributed by atoms with Gasteiger partial charge in [0.25, 0.3) is 0 Å². The van der Waals surface area contributed by atoms with Gasteiger partial charge in [0.15, 0.2) is 0 Å². The monoisotopic (exact) mass is 338 g/mol. The second-order valence-corrected chi connectivity index (χ2v) is 7.25. The molecule has 0 saturated heterocycles. The van der Waals surface area contributed by atoms with E-state index in [-0.39, 0.29) is 0 Å². The molecular weight excluding hydrogens is 324 g/mol. The standard InChI is InChI=1S/C11H16Br2S/c1-8(2)5-9(7-12)6-10-3-4-11(13)14-10/h3-4,8-9H,5-7H2,1-2H3. The van der Waals surface area contributed by atoms with Crippen LogP contribution in [0.4, 0.5) is 0 Å². The molecule has 0 aliphatic carbocycles. The molecule has 0 radical (unpaired) electrons. The van der Waals surface area contributed by atoms with Gasteiger partial charge in [-0.3, -0.25) is 0 Å². The van der Waals surface area contributed by atoms with Crippen molar-refractivity contribution in [1.29, 1.82) is 0 Å². The van der Waals surface area contributed by atoms with E-state index in [1.807, 2.05) is 11.3 Å². The molecule has 80 valence electrons. The van der Waals surface area contributed by atoms with E-state index in [4.69, 9.17) is 0 Å². The maximum absolute atomic E-state index is 3.60. The first-order valence-electron chi connectivity index (χ1n) is 4.92. The summed E-state index contributed by atoms with van der Waals surface area (Å²) in [5.41, 5.74) is 0. The molecule has 0 saturated carbocycles. The first-order chi connectivity index (χ1) is 6.61. The lowest BCUT2D eigenvalue weighted by molar-refractivity contribution is 0.447. The molecule has 0 N–H and O–H groups in total. The lowest BCUT2D eigenvalue weighted by Crippen LogP contribution is -2.08. The SMILES string of the molecule is CC(C)CC(CBr)Cc1ccc(Br)s1. The smallest absolute Gasteiger partial charge is 0.0701 e. The summed E-state index contributed by atoms with van der Waals surface area (Å²) in [5.74, 6) is 1.57. The lowest BCUT2D eigenvalue weighted by atomic mass is 9.95. The summed E-state index contributed by atoms with van der Waals surface area (Å²) in [4.78, 5) is 1.49. The summed E-state index contributed by atoms with van der Waals surface area (Å²) in [6.07, 6.45) is 2.51. The molecular formula is C11H16Br2S. The number of hydrogen-bond donors (Lipinski definition) is 0. The van der Waals surface area contributed by atoms with E-state index in [9.17, 15) is 0 Å². The van der Waals surface area contributed by atoms with Crippen LogP contribution in [0.5, 0.6) is 0 Å². The zero-order valence-corrected chi connectivity index (χ0v) is 12.6. The Bertz CT molecular complexity index is 268. The fourth-order valence-electron chi connectivity index (χ4n) is 1.61. The van der Waals surface area contributed by atoms with Crippen LogP contribution in [0.15, 0.2) is 15.9 Å². The molecule has 0 aromatic carbocycles. The van der Waals surface area contributed by atoms with Crippen LogP contribution in [0.3, 0.4) is 0 Å². The Morgan fingerprint density at radius 2 is 2.07 bits per heavy atom. The first kappa shape index (κ1) is 12.7. The average molecular weight is 340 g/mol. The van der Waals surface area contributed by atoms with Crippen molar-refractivity contribution in [1.82, 2.24) is 0 Å². The predicted octanol–water partition coefficient (Wildman–Crippen LogP) is 5.11. The van der Waals surface area contributed by atoms with Gasteiger partial charge in [-0.05, 0) is 52.7 Å².